The molecule has 1 heterocycles. The fourth-order valence-electron chi connectivity index (χ4n) is 2.47. The lowest BCUT2D eigenvalue weighted by Gasteiger charge is -2.12. The number of thioether (sulfide) groups is 1. The van der Waals surface area contributed by atoms with Crippen LogP contribution in [0.1, 0.15) is 25.0 Å². The van der Waals surface area contributed by atoms with Crippen LogP contribution in [0.5, 0.6) is 5.75 Å². The molecule has 0 atom stereocenters. The normalized spacial score (nSPS) is 16.0. The summed E-state index contributed by atoms with van der Waals surface area (Å²) >= 11 is 4.35. The van der Waals surface area contributed by atoms with E-state index < -0.39 is 0 Å². The van der Waals surface area contributed by atoms with Gasteiger partial charge in [0.1, 0.15) is 5.75 Å². The van der Waals surface area contributed by atoms with E-state index in [0.29, 0.717) is 4.91 Å². The number of carbonyl (C=O) groups excluding carboxylic acids is 2. The lowest BCUT2D eigenvalue weighted by Crippen LogP contribution is -2.27. The molecule has 0 saturated carbocycles. The maximum atomic E-state index is 12.6. The Labute approximate surface area is 165 Å². The molecule has 0 radical (unpaired) electrons. The van der Waals surface area contributed by atoms with E-state index in [1.807, 2.05) is 62.4 Å². The summed E-state index contributed by atoms with van der Waals surface area (Å²) in [7, 11) is 0. The van der Waals surface area contributed by atoms with Crippen molar-refractivity contribution >= 4 is 44.9 Å². The highest BCUT2D eigenvalue weighted by molar-refractivity contribution is 9.10. The van der Waals surface area contributed by atoms with Gasteiger partial charge in [0.2, 0.25) is 0 Å². The Kier molecular flexibility index (Phi) is 5.84. The monoisotopic (exact) mass is 431 g/mol. The van der Waals surface area contributed by atoms with Crippen LogP contribution in [0.25, 0.3) is 6.08 Å². The van der Waals surface area contributed by atoms with Gasteiger partial charge in [-0.05, 0) is 67.1 Å². The predicted molar refractivity (Wildman–Crippen MR) is 108 cm³/mol. The van der Waals surface area contributed by atoms with Crippen LogP contribution in [0.2, 0.25) is 0 Å². The van der Waals surface area contributed by atoms with Gasteiger partial charge >= 0.3 is 0 Å². The van der Waals surface area contributed by atoms with Gasteiger partial charge in [0.05, 0.1) is 17.6 Å². The minimum Gasteiger partial charge on any atom is -0.491 e. The molecule has 0 aromatic heterocycles. The van der Waals surface area contributed by atoms with E-state index in [9.17, 15) is 9.59 Å². The molecule has 0 spiro atoms. The van der Waals surface area contributed by atoms with E-state index in [1.165, 1.54) is 4.90 Å². The lowest BCUT2D eigenvalue weighted by molar-refractivity contribution is -0.123. The van der Waals surface area contributed by atoms with Gasteiger partial charge < -0.3 is 4.74 Å². The summed E-state index contributed by atoms with van der Waals surface area (Å²) in [6.45, 7) is 4.21. The van der Waals surface area contributed by atoms with Crippen molar-refractivity contribution in [3.8, 4) is 5.75 Å². The van der Waals surface area contributed by atoms with Gasteiger partial charge in [0.25, 0.3) is 11.1 Å². The highest BCUT2D eigenvalue weighted by Crippen LogP contribution is 2.33. The van der Waals surface area contributed by atoms with Crippen LogP contribution in [0, 0.1) is 0 Å². The first-order valence-corrected chi connectivity index (χ1v) is 9.80. The third-order valence-electron chi connectivity index (χ3n) is 3.68. The molecule has 3 rings (SSSR count). The smallest absolute Gasteiger partial charge is 0.293 e. The number of nitrogens with zero attached hydrogens (tertiary/aromatic N) is 1. The van der Waals surface area contributed by atoms with Gasteiger partial charge in [-0.15, -0.1) is 0 Å². The highest BCUT2D eigenvalue weighted by atomic mass is 79.9. The van der Waals surface area contributed by atoms with Gasteiger partial charge in [-0.25, -0.2) is 0 Å². The summed E-state index contributed by atoms with van der Waals surface area (Å²) in [4.78, 5) is 26.5. The van der Waals surface area contributed by atoms with Gasteiger partial charge in [-0.2, -0.15) is 0 Å². The van der Waals surface area contributed by atoms with Crippen LogP contribution < -0.4 is 4.74 Å². The molecule has 2 aromatic rings. The van der Waals surface area contributed by atoms with E-state index in [-0.39, 0.29) is 23.8 Å². The summed E-state index contributed by atoms with van der Waals surface area (Å²) in [6.07, 6.45) is 1.85. The second-order valence-corrected chi connectivity index (χ2v) is 8.04. The average Bonchev–Trinajstić information content (AvgIpc) is 2.85. The molecule has 6 heteroatoms. The largest absolute Gasteiger partial charge is 0.491 e. The van der Waals surface area contributed by atoms with E-state index >= 15 is 0 Å². The number of hydrogen-bond acceptors (Lipinski definition) is 4. The SMILES string of the molecule is CC(C)Oc1ccc(/C=C2\SC(=O)N(Cc3ccc(Br)cc3)C2=O)cc1. The van der Waals surface area contributed by atoms with Gasteiger partial charge in [-0.1, -0.05) is 40.2 Å². The summed E-state index contributed by atoms with van der Waals surface area (Å²) in [5, 5.41) is -0.246. The van der Waals surface area contributed by atoms with Crippen LogP contribution >= 0.6 is 27.7 Å². The molecule has 1 aliphatic heterocycles. The summed E-state index contributed by atoms with van der Waals surface area (Å²) in [6, 6.07) is 15.0. The Morgan fingerprint density at radius 3 is 2.35 bits per heavy atom. The fraction of sp³-hybridized carbons (Fsp3) is 0.200. The van der Waals surface area contributed by atoms with Crippen molar-refractivity contribution in [3.05, 3.63) is 69.0 Å². The van der Waals surface area contributed by atoms with Crippen molar-refractivity contribution in [1.82, 2.24) is 4.90 Å². The maximum absolute atomic E-state index is 12.6. The second kappa shape index (κ2) is 8.10. The van der Waals surface area contributed by atoms with Crippen molar-refractivity contribution in [2.24, 2.45) is 0 Å². The average molecular weight is 432 g/mol. The minimum absolute atomic E-state index is 0.107. The first-order chi connectivity index (χ1) is 12.4. The number of hydrogen-bond donors (Lipinski definition) is 0. The first kappa shape index (κ1) is 18.7. The summed E-state index contributed by atoms with van der Waals surface area (Å²) < 4.78 is 6.57. The van der Waals surface area contributed by atoms with Crippen molar-refractivity contribution in [3.63, 3.8) is 0 Å². The predicted octanol–water partition coefficient (Wildman–Crippen LogP) is 5.47. The molecule has 4 nitrogen and oxygen atoms in total. The summed E-state index contributed by atoms with van der Waals surface area (Å²) in [5.74, 6) is 0.519. The topological polar surface area (TPSA) is 46.6 Å². The number of ether oxygens (including phenoxy) is 1. The van der Waals surface area contributed by atoms with Crippen LogP contribution in [0.4, 0.5) is 4.79 Å². The molecular weight excluding hydrogens is 414 g/mol. The zero-order valence-electron chi connectivity index (χ0n) is 14.4. The Hall–Kier alpha value is -2.05. The third kappa shape index (κ3) is 4.56. The molecular formula is C20H18BrNO3S. The minimum atomic E-state index is -0.259. The fourth-order valence-corrected chi connectivity index (χ4v) is 3.58. The number of rotatable bonds is 5. The molecule has 1 aliphatic rings. The van der Waals surface area contributed by atoms with Gasteiger partial charge in [0.15, 0.2) is 0 Å². The molecule has 0 bridgehead atoms. The Bertz CT molecular complexity index is 844. The number of halogens is 1. The molecule has 0 unspecified atom stereocenters. The van der Waals surface area contributed by atoms with E-state index in [0.717, 1.165) is 33.1 Å². The maximum Gasteiger partial charge on any atom is 0.293 e. The van der Waals surface area contributed by atoms with Crippen molar-refractivity contribution in [1.29, 1.82) is 0 Å². The number of carbonyl (C=O) groups is 2. The zero-order valence-corrected chi connectivity index (χ0v) is 16.8. The van der Waals surface area contributed by atoms with Gasteiger partial charge in [-0.3, -0.25) is 14.5 Å². The van der Waals surface area contributed by atoms with Crippen molar-refractivity contribution in [2.45, 2.75) is 26.5 Å². The molecule has 2 aromatic carbocycles. The van der Waals surface area contributed by atoms with E-state index in [4.69, 9.17) is 4.74 Å². The Morgan fingerprint density at radius 2 is 1.73 bits per heavy atom. The Balaban J connectivity index is 1.73. The van der Waals surface area contributed by atoms with E-state index in [2.05, 4.69) is 15.9 Å². The van der Waals surface area contributed by atoms with Crippen molar-refractivity contribution < 1.29 is 14.3 Å². The van der Waals surface area contributed by atoms with Crippen molar-refractivity contribution in [2.75, 3.05) is 0 Å². The van der Waals surface area contributed by atoms with Crippen LogP contribution in [0.3, 0.4) is 0 Å². The number of imide groups is 1. The molecule has 1 fully saturated rings. The molecule has 2 amide bonds. The quantitative estimate of drug-likeness (QED) is 0.588. The third-order valence-corrected chi connectivity index (χ3v) is 5.11. The molecule has 134 valence electrons. The first-order valence-electron chi connectivity index (χ1n) is 8.19. The molecule has 0 aliphatic carbocycles. The van der Waals surface area contributed by atoms with Crippen LogP contribution in [-0.2, 0) is 11.3 Å². The number of amides is 2. The zero-order chi connectivity index (χ0) is 18.7. The molecule has 0 N–H and O–H groups in total. The molecule has 26 heavy (non-hydrogen) atoms. The van der Waals surface area contributed by atoms with Crippen LogP contribution in [-0.4, -0.2) is 22.2 Å². The highest BCUT2D eigenvalue weighted by Gasteiger charge is 2.34. The van der Waals surface area contributed by atoms with E-state index in [1.54, 1.807) is 6.08 Å². The van der Waals surface area contributed by atoms with Crippen LogP contribution in [0.15, 0.2) is 57.9 Å². The standard InChI is InChI=1S/C20H18BrNO3S/c1-13(2)25-17-9-5-14(6-10-17)11-18-19(23)22(20(24)26-18)12-15-3-7-16(21)8-4-15/h3-11,13H,12H2,1-2H3/b18-11-. The lowest BCUT2D eigenvalue weighted by atomic mass is 10.2. The summed E-state index contributed by atoms with van der Waals surface area (Å²) in [5.41, 5.74) is 1.77. The number of benzene rings is 2. The molecule has 1 saturated heterocycles. The Morgan fingerprint density at radius 1 is 1.08 bits per heavy atom. The second-order valence-electron chi connectivity index (χ2n) is 6.13. The van der Waals surface area contributed by atoms with Gasteiger partial charge in [0, 0.05) is 4.47 Å².